The Bertz CT molecular complexity index is 1150. The molecule has 6 nitrogen and oxygen atoms in total. The number of unbranched alkanes of at least 4 members (excludes halogenated alkanes) is 1. The van der Waals surface area contributed by atoms with E-state index in [-0.39, 0.29) is 11.5 Å². The summed E-state index contributed by atoms with van der Waals surface area (Å²) in [7, 11) is 0. The van der Waals surface area contributed by atoms with E-state index in [2.05, 4.69) is 25.7 Å². The average Bonchev–Trinajstić information content (AvgIpc) is 3.00. The lowest BCUT2D eigenvalue weighted by Crippen LogP contribution is -2.40. The summed E-state index contributed by atoms with van der Waals surface area (Å²) < 4.78 is 2.14. The Morgan fingerprint density at radius 1 is 1.22 bits per heavy atom. The minimum Gasteiger partial charge on any atom is -0.355 e. The average molecular weight is 471 g/mol. The van der Waals surface area contributed by atoms with E-state index in [1.54, 1.807) is 21.6 Å². The molecular weight excluding hydrogens is 440 g/mol. The smallest absolute Gasteiger partial charge is 0.267 e. The number of aromatic nitrogens is 2. The van der Waals surface area contributed by atoms with Crippen LogP contribution in [0.3, 0.4) is 0 Å². The number of rotatable bonds is 5. The van der Waals surface area contributed by atoms with Gasteiger partial charge in [-0.05, 0) is 49.3 Å². The number of hydrogen-bond acceptors (Lipinski definition) is 6. The molecule has 32 heavy (non-hydrogen) atoms. The molecule has 0 aliphatic carbocycles. The van der Waals surface area contributed by atoms with Gasteiger partial charge in [0.25, 0.3) is 11.5 Å². The maximum Gasteiger partial charge on any atom is 0.267 e. The van der Waals surface area contributed by atoms with E-state index in [0.717, 1.165) is 37.9 Å². The predicted molar refractivity (Wildman–Crippen MR) is 136 cm³/mol. The molecule has 0 aromatic carbocycles. The van der Waals surface area contributed by atoms with Crippen LogP contribution in [0.1, 0.15) is 51.2 Å². The quantitative estimate of drug-likeness (QED) is 0.474. The Hall–Kier alpha value is -2.19. The molecule has 4 heterocycles. The Morgan fingerprint density at radius 2 is 1.94 bits per heavy atom. The molecule has 2 fully saturated rings. The van der Waals surface area contributed by atoms with E-state index in [9.17, 15) is 9.59 Å². The lowest BCUT2D eigenvalue weighted by Gasteiger charge is -2.36. The Balaban J connectivity index is 1.84. The number of pyridine rings is 1. The minimum absolute atomic E-state index is 0.117. The Kier molecular flexibility index (Phi) is 6.72. The summed E-state index contributed by atoms with van der Waals surface area (Å²) in [5.41, 5.74) is 1.91. The molecule has 2 saturated heterocycles. The third kappa shape index (κ3) is 4.48. The number of carbonyl (C=O) groups excluding carboxylic acids is 1. The van der Waals surface area contributed by atoms with Crippen LogP contribution >= 0.6 is 24.0 Å². The van der Waals surface area contributed by atoms with Crippen LogP contribution in [0.25, 0.3) is 11.7 Å². The topological polar surface area (TPSA) is 57.9 Å². The molecule has 0 N–H and O–H groups in total. The molecule has 2 aromatic rings. The van der Waals surface area contributed by atoms with E-state index < -0.39 is 0 Å². The standard InChI is InChI=1S/C24H30N4O2S2/c1-5-6-9-27-23(30)19(32-24(27)31)11-18-21(26-12-16(3)10-17(4)13-26)25-20-8-7-15(2)14-28(20)22(18)29/h7-8,11,14,16-17H,5-6,9-10,12-13H2,1-4H3/b19-11-/t16-,17-/m0/s1. The molecular formula is C24H30N4O2S2. The molecule has 2 aliphatic heterocycles. The van der Waals surface area contributed by atoms with Gasteiger partial charge in [0.05, 0.1) is 10.5 Å². The molecule has 0 saturated carbocycles. The van der Waals surface area contributed by atoms with Gasteiger partial charge in [-0.25, -0.2) is 4.98 Å². The van der Waals surface area contributed by atoms with Crippen molar-refractivity contribution in [1.29, 1.82) is 0 Å². The molecule has 8 heteroatoms. The number of anilines is 1. The minimum atomic E-state index is -0.154. The SMILES string of the molecule is CCCCN1C(=O)/C(=C/c2c(N3C[C@@H](C)C[C@H](C)C3)nc3ccc(C)cn3c2=O)SC1=S. The van der Waals surface area contributed by atoms with Crippen molar-refractivity contribution in [3.8, 4) is 0 Å². The lowest BCUT2D eigenvalue weighted by atomic mass is 9.91. The highest BCUT2D eigenvalue weighted by molar-refractivity contribution is 8.26. The first-order chi connectivity index (χ1) is 15.3. The van der Waals surface area contributed by atoms with Gasteiger partial charge in [-0.3, -0.25) is 18.9 Å². The molecule has 2 atom stereocenters. The summed E-state index contributed by atoms with van der Waals surface area (Å²) in [5, 5.41) is 0. The van der Waals surface area contributed by atoms with Gasteiger partial charge in [-0.15, -0.1) is 0 Å². The summed E-state index contributed by atoms with van der Waals surface area (Å²) >= 11 is 6.73. The first kappa shape index (κ1) is 23.0. The fourth-order valence-corrected chi connectivity index (χ4v) is 5.88. The summed E-state index contributed by atoms with van der Waals surface area (Å²) in [4.78, 5) is 35.9. The third-order valence-corrected chi connectivity index (χ3v) is 7.42. The van der Waals surface area contributed by atoms with Crippen LogP contribution in [0.2, 0.25) is 0 Å². The van der Waals surface area contributed by atoms with Gasteiger partial charge in [0.1, 0.15) is 15.8 Å². The fourth-order valence-electron chi connectivity index (χ4n) is 4.59. The van der Waals surface area contributed by atoms with Crippen molar-refractivity contribution in [3.63, 3.8) is 0 Å². The second-order valence-electron chi connectivity index (χ2n) is 9.13. The zero-order valence-electron chi connectivity index (χ0n) is 19.1. The normalized spacial score (nSPS) is 23.1. The van der Waals surface area contributed by atoms with Crippen LogP contribution in [0.15, 0.2) is 28.0 Å². The third-order valence-electron chi connectivity index (χ3n) is 6.04. The summed E-state index contributed by atoms with van der Waals surface area (Å²) in [6.45, 7) is 10.8. The molecule has 0 spiro atoms. The van der Waals surface area contributed by atoms with Crippen molar-refractivity contribution in [1.82, 2.24) is 14.3 Å². The number of aryl methyl sites for hydroxylation is 1. The van der Waals surface area contributed by atoms with Gasteiger partial charge < -0.3 is 4.90 Å². The van der Waals surface area contributed by atoms with Crippen LogP contribution in [-0.4, -0.2) is 44.1 Å². The highest BCUT2D eigenvalue weighted by Crippen LogP contribution is 2.34. The monoisotopic (exact) mass is 470 g/mol. The van der Waals surface area contributed by atoms with Crippen LogP contribution in [0.4, 0.5) is 5.82 Å². The zero-order valence-corrected chi connectivity index (χ0v) is 20.8. The lowest BCUT2D eigenvalue weighted by molar-refractivity contribution is -0.122. The Labute approximate surface area is 198 Å². The number of amides is 1. The van der Waals surface area contributed by atoms with Crippen molar-refractivity contribution in [3.05, 3.63) is 44.7 Å². The van der Waals surface area contributed by atoms with Gasteiger partial charge in [0, 0.05) is 25.8 Å². The van der Waals surface area contributed by atoms with Crippen molar-refractivity contribution in [2.45, 2.75) is 47.0 Å². The second-order valence-corrected chi connectivity index (χ2v) is 10.8. The van der Waals surface area contributed by atoms with Crippen LogP contribution < -0.4 is 10.5 Å². The largest absolute Gasteiger partial charge is 0.355 e. The van der Waals surface area contributed by atoms with Gasteiger partial charge in [-0.2, -0.15) is 0 Å². The number of nitrogens with zero attached hydrogens (tertiary/aromatic N) is 4. The Morgan fingerprint density at radius 3 is 2.62 bits per heavy atom. The van der Waals surface area contributed by atoms with E-state index in [0.29, 0.717) is 44.6 Å². The first-order valence-corrected chi connectivity index (χ1v) is 12.5. The van der Waals surface area contributed by atoms with Crippen LogP contribution in [0, 0.1) is 18.8 Å². The van der Waals surface area contributed by atoms with Gasteiger partial charge >= 0.3 is 0 Å². The van der Waals surface area contributed by atoms with E-state index in [1.807, 2.05) is 19.1 Å². The molecule has 2 aliphatic rings. The highest BCUT2D eigenvalue weighted by Gasteiger charge is 2.33. The zero-order chi connectivity index (χ0) is 23.0. The highest BCUT2D eigenvalue weighted by atomic mass is 32.2. The van der Waals surface area contributed by atoms with Crippen molar-refractivity contribution in [2.75, 3.05) is 24.5 Å². The number of fused-ring (bicyclic) bond motifs is 1. The number of thioether (sulfide) groups is 1. The second kappa shape index (κ2) is 9.35. The molecule has 1 amide bonds. The number of thiocarbonyl (C=S) groups is 1. The number of hydrogen-bond donors (Lipinski definition) is 0. The van der Waals surface area contributed by atoms with Crippen LogP contribution in [0.5, 0.6) is 0 Å². The van der Waals surface area contributed by atoms with Crippen molar-refractivity contribution in [2.24, 2.45) is 11.8 Å². The summed E-state index contributed by atoms with van der Waals surface area (Å²) in [6.07, 6.45) is 6.57. The van der Waals surface area contributed by atoms with E-state index in [1.165, 1.54) is 11.8 Å². The maximum absolute atomic E-state index is 13.6. The van der Waals surface area contributed by atoms with E-state index >= 15 is 0 Å². The molecule has 4 rings (SSSR count). The van der Waals surface area contributed by atoms with Crippen molar-refractivity contribution >= 4 is 51.7 Å². The molecule has 0 radical (unpaired) electrons. The summed E-state index contributed by atoms with van der Waals surface area (Å²) in [5.74, 6) is 1.57. The number of piperidine rings is 1. The molecule has 0 unspecified atom stereocenters. The van der Waals surface area contributed by atoms with E-state index in [4.69, 9.17) is 17.2 Å². The predicted octanol–water partition coefficient (Wildman–Crippen LogP) is 4.49. The van der Waals surface area contributed by atoms with Crippen molar-refractivity contribution < 1.29 is 4.79 Å². The number of carbonyl (C=O) groups is 1. The van der Waals surface area contributed by atoms with Gasteiger partial charge in [-0.1, -0.05) is 57.2 Å². The fraction of sp³-hybridized carbons (Fsp3) is 0.500. The van der Waals surface area contributed by atoms with Crippen LogP contribution in [-0.2, 0) is 4.79 Å². The first-order valence-electron chi connectivity index (χ1n) is 11.3. The summed E-state index contributed by atoms with van der Waals surface area (Å²) in [6, 6.07) is 3.84. The molecule has 170 valence electrons. The van der Waals surface area contributed by atoms with Gasteiger partial charge in [0.15, 0.2) is 0 Å². The molecule has 2 aromatic heterocycles. The maximum atomic E-state index is 13.6. The van der Waals surface area contributed by atoms with Gasteiger partial charge in [0.2, 0.25) is 0 Å². The molecule has 0 bridgehead atoms.